The maximum Gasteiger partial charge on any atom is 0.314 e. The standard InChI is InChI=1S/C8H10N4OS/c1-11(8(9)13)5-6-10-4-7-12(6)2-3-14-7/h2-4H,5H2,1H3,(H2,9,13). The van der Waals surface area contributed by atoms with Crippen molar-refractivity contribution in [3.8, 4) is 0 Å². The molecule has 0 aliphatic rings. The summed E-state index contributed by atoms with van der Waals surface area (Å²) in [7, 11) is 1.65. The second kappa shape index (κ2) is 3.30. The van der Waals surface area contributed by atoms with Crippen molar-refractivity contribution in [2.45, 2.75) is 6.54 Å². The lowest BCUT2D eigenvalue weighted by Crippen LogP contribution is -2.32. The van der Waals surface area contributed by atoms with Crippen LogP contribution in [0.1, 0.15) is 5.82 Å². The molecule has 0 radical (unpaired) electrons. The van der Waals surface area contributed by atoms with Crippen LogP contribution in [0.25, 0.3) is 4.83 Å². The molecule has 2 amide bonds. The number of carbonyl (C=O) groups excluding carboxylic acids is 1. The third-order valence-electron chi connectivity index (χ3n) is 1.99. The highest BCUT2D eigenvalue weighted by Gasteiger charge is 2.09. The highest BCUT2D eigenvalue weighted by Crippen LogP contribution is 2.13. The zero-order chi connectivity index (χ0) is 10.1. The molecule has 0 fully saturated rings. The average Bonchev–Trinajstić information content (AvgIpc) is 2.69. The number of urea groups is 1. The molecule has 0 aliphatic heterocycles. The summed E-state index contributed by atoms with van der Waals surface area (Å²) in [6, 6.07) is -0.447. The smallest absolute Gasteiger partial charge is 0.314 e. The van der Waals surface area contributed by atoms with Crippen LogP contribution >= 0.6 is 11.3 Å². The molecule has 0 saturated carbocycles. The number of fused-ring (bicyclic) bond motifs is 1. The van der Waals surface area contributed by atoms with Crippen molar-refractivity contribution in [2.24, 2.45) is 5.73 Å². The Morgan fingerprint density at radius 2 is 2.57 bits per heavy atom. The predicted octanol–water partition coefficient (Wildman–Crippen LogP) is 0.906. The van der Waals surface area contributed by atoms with Crippen LogP contribution in [0, 0.1) is 0 Å². The molecule has 2 heterocycles. The summed E-state index contributed by atoms with van der Waals surface area (Å²) in [5, 5.41) is 1.98. The zero-order valence-corrected chi connectivity index (χ0v) is 8.49. The number of thiazole rings is 1. The van der Waals surface area contributed by atoms with Gasteiger partial charge in [0, 0.05) is 18.6 Å². The normalized spacial score (nSPS) is 10.6. The number of nitrogens with two attached hydrogens (primary N) is 1. The summed E-state index contributed by atoms with van der Waals surface area (Å²) in [6.45, 7) is 0.431. The highest BCUT2D eigenvalue weighted by molar-refractivity contribution is 7.15. The zero-order valence-electron chi connectivity index (χ0n) is 7.67. The molecule has 74 valence electrons. The Kier molecular flexibility index (Phi) is 2.12. The Hall–Kier alpha value is -1.56. The van der Waals surface area contributed by atoms with Crippen molar-refractivity contribution in [3.05, 3.63) is 23.6 Å². The fourth-order valence-corrected chi connectivity index (χ4v) is 1.91. The number of hydrogen-bond acceptors (Lipinski definition) is 3. The van der Waals surface area contributed by atoms with Crippen molar-refractivity contribution in [3.63, 3.8) is 0 Å². The van der Waals surface area contributed by atoms with Crippen molar-refractivity contribution in [1.29, 1.82) is 0 Å². The molecule has 2 aromatic rings. The van der Waals surface area contributed by atoms with Crippen LogP contribution in [0.4, 0.5) is 4.79 Å². The Labute approximate surface area is 84.8 Å². The summed E-state index contributed by atoms with van der Waals surface area (Å²) in [5.41, 5.74) is 5.12. The van der Waals surface area contributed by atoms with Crippen LogP contribution in [-0.2, 0) is 6.54 Å². The largest absolute Gasteiger partial charge is 0.351 e. The van der Waals surface area contributed by atoms with Crippen molar-refractivity contribution >= 4 is 22.2 Å². The van der Waals surface area contributed by atoms with Gasteiger partial charge in [0.05, 0.1) is 12.7 Å². The first-order chi connectivity index (χ1) is 6.68. The van der Waals surface area contributed by atoms with E-state index in [1.54, 1.807) is 24.6 Å². The van der Waals surface area contributed by atoms with Crippen molar-refractivity contribution < 1.29 is 4.79 Å². The Balaban J connectivity index is 2.27. The van der Waals surface area contributed by atoms with E-state index >= 15 is 0 Å². The molecule has 0 unspecified atom stereocenters. The molecule has 2 rings (SSSR count). The fraction of sp³-hybridized carbons (Fsp3) is 0.250. The fourth-order valence-electron chi connectivity index (χ4n) is 1.20. The van der Waals surface area contributed by atoms with Crippen LogP contribution in [0.2, 0.25) is 0 Å². The molecule has 0 spiro atoms. The van der Waals surface area contributed by atoms with E-state index in [0.717, 1.165) is 10.7 Å². The molecule has 0 atom stereocenters. The number of carbonyl (C=O) groups is 1. The van der Waals surface area contributed by atoms with E-state index in [9.17, 15) is 4.79 Å². The van der Waals surface area contributed by atoms with Crippen LogP contribution < -0.4 is 5.73 Å². The summed E-state index contributed by atoms with van der Waals surface area (Å²) in [6.07, 6.45) is 3.71. The lowest BCUT2D eigenvalue weighted by atomic mass is 10.5. The van der Waals surface area contributed by atoms with E-state index in [4.69, 9.17) is 5.73 Å². The molecule has 5 nitrogen and oxygen atoms in total. The summed E-state index contributed by atoms with van der Waals surface area (Å²) < 4.78 is 1.95. The van der Waals surface area contributed by atoms with E-state index in [0.29, 0.717) is 6.54 Å². The summed E-state index contributed by atoms with van der Waals surface area (Å²) >= 11 is 1.61. The Morgan fingerprint density at radius 3 is 3.29 bits per heavy atom. The summed E-state index contributed by atoms with van der Waals surface area (Å²) in [5.74, 6) is 0.822. The lowest BCUT2D eigenvalue weighted by Gasteiger charge is -2.12. The van der Waals surface area contributed by atoms with E-state index in [1.165, 1.54) is 4.90 Å². The van der Waals surface area contributed by atoms with Gasteiger partial charge in [0.2, 0.25) is 0 Å². The monoisotopic (exact) mass is 210 g/mol. The van der Waals surface area contributed by atoms with Gasteiger partial charge in [-0.15, -0.1) is 11.3 Å². The molecule has 0 saturated heterocycles. The van der Waals surface area contributed by atoms with Crippen molar-refractivity contribution in [1.82, 2.24) is 14.3 Å². The van der Waals surface area contributed by atoms with Gasteiger partial charge in [-0.3, -0.25) is 4.40 Å². The molecule has 14 heavy (non-hydrogen) atoms. The second-order valence-corrected chi connectivity index (χ2v) is 3.91. The lowest BCUT2D eigenvalue weighted by molar-refractivity contribution is 0.215. The van der Waals surface area contributed by atoms with Crippen LogP contribution in [0.3, 0.4) is 0 Å². The van der Waals surface area contributed by atoms with Crippen molar-refractivity contribution in [2.75, 3.05) is 7.05 Å². The first-order valence-corrected chi connectivity index (χ1v) is 4.96. The number of imidazole rings is 1. The second-order valence-electron chi connectivity index (χ2n) is 2.98. The topological polar surface area (TPSA) is 63.6 Å². The van der Waals surface area contributed by atoms with Gasteiger partial charge < -0.3 is 10.6 Å². The number of primary amides is 1. The maximum atomic E-state index is 10.8. The number of hydrogen-bond donors (Lipinski definition) is 1. The number of amides is 2. The highest BCUT2D eigenvalue weighted by atomic mass is 32.1. The molecule has 0 aliphatic carbocycles. The van der Waals surface area contributed by atoms with Gasteiger partial charge in [-0.2, -0.15) is 0 Å². The summed E-state index contributed by atoms with van der Waals surface area (Å²) in [4.78, 5) is 17.5. The SMILES string of the molecule is CN(Cc1ncc2sccn12)C(N)=O. The minimum atomic E-state index is -0.447. The third-order valence-corrected chi connectivity index (χ3v) is 2.79. The number of rotatable bonds is 2. The Bertz CT molecular complexity index is 461. The van der Waals surface area contributed by atoms with Crippen LogP contribution in [0.5, 0.6) is 0 Å². The van der Waals surface area contributed by atoms with Gasteiger partial charge in [-0.05, 0) is 0 Å². The predicted molar refractivity (Wildman–Crippen MR) is 54.1 cm³/mol. The number of aromatic nitrogens is 2. The van der Waals surface area contributed by atoms with Crippen LogP contribution in [0.15, 0.2) is 17.8 Å². The Morgan fingerprint density at radius 1 is 1.79 bits per heavy atom. The molecular formula is C8H10N4OS. The molecule has 0 bridgehead atoms. The van der Waals surface area contributed by atoms with E-state index in [-0.39, 0.29) is 0 Å². The van der Waals surface area contributed by atoms with E-state index < -0.39 is 6.03 Å². The minimum absolute atomic E-state index is 0.431. The quantitative estimate of drug-likeness (QED) is 0.800. The molecule has 0 aromatic carbocycles. The first-order valence-electron chi connectivity index (χ1n) is 4.08. The van der Waals surface area contributed by atoms with Gasteiger partial charge in [0.1, 0.15) is 10.7 Å². The molecule has 2 N–H and O–H groups in total. The average molecular weight is 210 g/mol. The first kappa shape index (κ1) is 9.01. The van der Waals surface area contributed by atoms with Gasteiger partial charge in [-0.25, -0.2) is 9.78 Å². The maximum absolute atomic E-state index is 10.8. The van der Waals surface area contributed by atoms with E-state index in [2.05, 4.69) is 4.98 Å². The van der Waals surface area contributed by atoms with Gasteiger partial charge in [0.15, 0.2) is 0 Å². The third kappa shape index (κ3) is 1.44. The molecule has 6 heteroatoms. The van der Waals surface area contributed by atoms with Gasteiger partial charge in [-0.1, -0.05) is 0 Å². The van der Waals surface area contributed by atoms with Gasteiger partial charge >= 0.3 is 6.03 Å². The molecular weight excluding hydrogens is 200 g/mol. The number of nitrogens with zero attached hydrogens (tertiary/aromatic N) is 3. The molecule has 2 aromatic heterocycles. The van der Waals surface area contributed by atoms with Gasteiger partial charge in [0.25, 0.3) is 0 Å². The van der Waals surface area contributed by atoms with E-state index in [1.807, 2.05) is 16.0 Å². The minimum Gasteiger partial charge on any atom is -0.351 e. The van der Waals surface area contributed by atoms with Crippen LogP contribution in [-0.4, -0.2) is 27.4 Å².